The van der Waals surface area contributed by atoms with Crippen LogP contribution in [0.25, 0.3) is 5.70 Å². The molecule has 0 aromatic heterocycles. The van der Waals surface area contributed by atoms with Crippen LogP contribution in [-0.2, 0) is 9.53 Å². The third kappa shape index (κ3) is 3.21. The summed E-state index contributed by atoms with van der Waals surface area (Å²) in [5.41, 5.74) is 4.16. The zero-order valence-electron chi connectivity index (χ0n) is 18.7. The number of hydrogen-bond donors (Lipinski definition) is 1. The predicted octanol–water partition coefficient (Wildman–Crippen LogP) is 3.84. The second-order valence-corrected chi connectivity index (χ2v) is 7.43. The fraction of sp³-hybridized carbons (Fsp3) is 0.280. The predicted molar refractivity (Wildman–Crippen MR) is 119 cm³/mol. The third-order valence-electron chi connectivity index (χ3n) is 5.79. The molecule has 4 rings (SSSR count). The Hall–Kier alpha value is -3.74. The smallest absolute Gasteiger partial charge is 0.336 e. The molecule has 2 aliphatic rings. The van der Waals surface area contributed by atoms with E-state index in [1.54, 1.807) is 25.1 Å². The Bertz CT molecular complexity index is 1180. The highest BCUT2D eigenvalue weighted by Gasteiger charge is 2.44. The summed E-state index contributed by atoms with van der Waals surface area (Å²) in [4.78, 5) is 26.6. The van der Waals surface area contributed by atoms with Crippen molar-refractivity contribution < 1.29 is 28.5 Å². The van der Waals surface area contributed by atoms with Gasteiger partial charge in [0.2, 0.25) is 0 Å². The average molecular weight is 435 g/mol. The van der Waals surface area contributed by atoms with Crippen molar-refractivity contribution in [2.45, 2.75) is 19.8 Å². The first kappa shape index (κ1) is 21.5. The van der Waals surface area contributed by atoms with E-state index < -0.39 is 11.9 Å². The van der Waals surface area contributed by atoms with E-state index in [0.29, 0.717) is 50.9 Å². The Morgan fingerprint density at radius 3 is 2.22 bits per heavy atom. The Morgan fingerprint density at radius 2 is 1.59 bits per heavy atom. The van der Waals surface area contributed by atoms with Crippen molar-refractivity contribution in [2.75, 3.05) is 27.9 Å². The Kier molecular flexibility index (Phi) is 5.65. The first-order chi connectivity index (χ1) is 15.5. The Balaban J connectivity index is 2.00. The lowest BCUT2D eigenvalue weighted by molar-refractivity contribution is -0.138. The van der Waals surface area contributed by atoms with E-state index in [2.05, 4.69) is 5.32 Å². The Labute approximate surface area is 186 Å². The number of allylic oxidation sites excluding steroid dienone is 2. The quantitative estimate of drug-likeness (QED) is 0.690. The summed E-state index contributed by atoms with van der Waals surface area (Å²) in [6, 6.07) is 10.8. The molecule has 166 valence electrons. The molecule has 1 heterocycles. The average Bonchev–Trinajstić information content (AvgIpc) is 3.09. The van der Waals surface area contributed by atoms with Crippen LogP contribution in [0, 0.1) is 0 Å². The lowest BCUT2D eigenvalue weighted by atomic mass is 9.79. The molecule has 7 heteroatoms. The van der Waals surface area contributed by atoms with E-state index in [1.165, 1.54) is 21.3 Å². The second kappa shape index (κ2) is 8.42. The standard InChI is InChI=1S/C25H25NO6/c1-6-32-25(28)20-13(2)26-23-14-9-7-8-10-15(14)24(27)22(23)21(20)16-11-18(30-4)19(31-5)12-17(16)29-3/h7-12,21,26H,6H2,1-5H3/t21-/m0/s1. The fourth-order valence-electron chi connectivity index (χ4n) is 4.40. The van der Waals surface area contributed by atoms with E-state index in [1.807, 2.05) is 25.1 Å². The molecule has 0 spiro atoms. The summed E-state index contributed by atoms with van der Waals surface area (Å²) < 4.78 is 22.0. The van der Waals surface area contributed by atoms with Crippen molar-refractivity contribution in [2.24, 2.45) is 0 Å². The van der Waals surface area contributed by atoms with Gasteiger partial charge in [0, 0.05) is 34.0 Å². The minimum absolute atomic E-state index is 0.140. The number of dihydropyridines is 1. The first-order valence-corrected chi connectivity index (χ1v) is 10.3. The summed E-state index contributed by atoms with van der Waals surface area (Å²) in [5, 5.41) is 3.28. The molecule has 1 aliphatic heterocycles. The maximum Gasteiger partial charge on any atom is 0.336 e. The largest absolute Gasteiger partial charge is 0.496 e. The van der Waals surface area contributed by atoms with Crippen LogP contribution in [-0.4, -0.2) is 39.7 Å². The lowest BCUT2D eigenvalue weighted by Gasteiger charge is -2.30. The van der Waals surface area contributed by atoms with Crippen molar-refractivity contribution in [3.8, 4) is 17.2 Å². The molecule has 1 N–H and O–H groups in total. The van der Waals surface area contributed by atoms with Crippen LogP contribution in [0.4, 0.5) is 0 Å². The van der Waals surface area contributed by atoms with Crippen molar-refractivity contribution >= 4 is 17.4 Å². The molecule has 0 amide bonds. The van der Waals surface area contributed by atoms with Crippen LogP contribution in [0.15, 0.2) is 53.2 Å². The Morgan fingerprint density at radius 1 is 0.969 bits per heavy atom. The molecule has 0 saturated heterocycles. The first-order valence-electron chi connectivity index (χ1n) is 10.3. The fourth-order valence-corrected chi connectivity index (χ4v) is 4.40. The monoisotopic (exact) mass is 435 g/mol. The highest BCUT2D eigenvalue weighted by molar-refractivity contribution is 6.23. The molecular formula is C25H25NO6. The van der Waals surface area contributed by atoms with Crippen LogP contribution in [0.3, 0.4) is 0 Å². The highest BCUT2D eigenvalue weighted by atomic mass is 16.5. The number of carbonyl (C=O) groups is 2. The SMILES string of the molecule is CCOC(=O)C1=C(C)NC2=C(C(=O)c3ccccc32)[C@H]1c1cc(OC)c(OC)cc1OC. The van der Waals surface area contributed by atoms with Gasteiger partial charge in [-0.1, -0.05) is 24.3 Å². The molecular weight excluding hydrogens is 410 g/mol. The van der Waals surface area contributed by atoms with E-state index in [4.69, 9.17) is 18.9 Å². The van der Waals surface area contributed by atoms with E-state index in [9.17, 15) is 9.59 Å². The summed E-state index contributed by atoms with van der Waals surface area (Å²) >= 11 is 0. The molecule has 0 bridgehead atoms. The van der Waals surface area contributed by atoms with Crippen molar-refractivity contribution in [3.63, 3.8) is 0 Å². The van der Waals surface area contributed by atoms with Crippen LogP contribution < -0.4 is 19.5 Å². The van der Waals surface area contributed by atoms with Gasteiger partial charge in [-0.25, -0.2) is 4.79 Å². The molecule has 2 aromatic rings. The zero-order valence-corrected chi connectivity index (χ0v) is 18.7. The second-order valence-electron chi connectivity index (χ2n) is 7.43. The number of methoxy groups -OCH3 is 3. The molecule has 0 unspecified atom stereocenters. The third-order valence-corrected chi connectivity index (χ3v) is 5.79. The van der Waals surface area contributed by atoms with Crippen molar-refractivity contribution in [1.29, 1.82) is 0 Å². The van der Waals surface area contributed by atoms with Gasteiger partial charge in [-0.15, -0.1) is 0 Å². The number of fused-ring (bicyclic) bond motifs is 2. The van der Waals surface area contributed by atoms with Crippen molar-refractivity contribution in [3.05, 3.63) is 69.9 Å². The van der Waals surface area contributed by atoms with Crippen LogP contribution >= 0.6 is 0 Å². The number of rotatable bonds is 6. The molecule has 1 atom stereocenters. The maximum absolute atomic E-state index is 13.6. The normalized spacial score (nSPS) is 16.9. The van der Waals surface area contributed by atoms with E-state index in [-0.39, 0.29) is 12.4 Å². The summed E-state index contributed by atoms with van der Waals surface area (Å²) in [6.07, 6.45) is 0. The van der Waals surface area contributed by atoms with Crippen molar-refractivity contribution in [1.82, 2.24) is 5.32 Å². The minimum atomic E-state index is -0.708. The topological polar surface area (TPSA) is 83.1 Å². The lowest BCUT2D eigenvalue weighted by Crippen LogP contribution is -2.29. The summed E-state index contributed by atoms with van der Waals surface area (Å²) in [6.45, 7) is 3.77. The number of hydrogen-bond acceptors (Lipinski definition) is 7. The number of Topliss-reactive ketones (excluding diaryl/α,β-unsaturated/α-hetero) is 1. The summed E-state index contributed by atoms with van der Waals surface area (Å²) in [7, 11) is 4.60. The number of nitrogens with one attached hydrogen (secondary N) is 1. The summed E-state index contributed by atoms with van der Waals surface area (Å²) in [5.74, 6) is 0.0806. The van der Waals surface area contributed by atoms with Gasteiger partial charge in [0.25, 0.3) is 0 Å². The number of ether oxygens (including phenoxy) is 4. The zero-order chi connectivity index (χ0) is 23.0. The highest BCUT2D eigenvalue weighted by Crippen LogP contribution is 2.50. The number of benzene rings is 2. The van der Waals surface area contributed by atoms with Gasteiger partial charge in [0.15, 0.2) is 17.3 Å². The number of ketones is 1. The molecule has 0 saturated carbocycles. The number of esters is 1. The minimum Gasteiger partial charge on any atom is -0.496 e. The molecule has 32 heavy (non-hydrogen) atoms. The van der Waals surface area contributed by atoms with E-state index >= 15 is 0 Å². The van der Waals surface area contributed by atoms with Gasteiger partial charge in [-0.3, -0.25) is 4.79 Å². The molecule has 7 nitrogen and oxygen atoms in total. The van der Waals surface area contributed by atoms with Gasteiger partial charge < -0.3 is 24.3 Å². The van der Waals surface area contributed by atoms with Gasteiger partial charge in [0.1, 0.15) is 5.75 Å². The van der Waals surface area contributed by atoms with Gasteiger partial charge in [-0.05, 0) is 19.9 Å². The van der Waals surface area contributed by atoms with Crippen LogP contribution in [0.2, 0.25) is 0 Å². The molecule has 0 fully saturated rings. The van der Waals surface area contributed by atoms with E-state index in [0.717, 1.165) is 5.56 Å². The number of carbonyl (C=O) groups excluding carboxylic acids is 2. The molecule has 2 aromatic carbocycles. The van der Waals surface area contributed by atoms with Gasteiger partial charge in [-0.2, -0.15) is 0 Å². The van der Waals surface area contributed by atoms with Crippen LogP contribution in [0.5, 0.6) is 17.2 Å². The van der Waals surface area contributed by atoms with Gasteiger partial charge >= 0.3 is 5.97 Å². The van der Waals surface area contributed by atoms with Crippen LogP contribution in [0.1, 0.15) is 41.3 Å². The maximum atomic E-state index is 13.6. The molecule has 0 radical (unpaired) electrons. The molecule has 1 aliphatic carbocycles. The van der Waals surface area contributed by atoms with Gasteiger partial charge in [0.05, 0.1) is 45.1 Å².